The molecule has 5 nitrogen and oxygen atoms in total. The number of para-hydroxylation sites is 1. The second-order valence-corrected chi connectivity index (χ2v) is 5.62. The number of rotatable bonds is 5. The molecule has 0 aliphatic carbocycles. The topological polar surface area (TPSA) is 76.4 Å². The lowest BCUT2D eigenvalue weighted by Gasteiger charge is -2.13. The van der Waals surface area contributed by atoms with Crippen molar-refractivity contribution >= 4 is 35.4 Å². The number of hydrogen-bond acceptors (Lipinski definition) is 4. The highest BCUT2D eigenvalue weighted by Crippen LogP contribution is 2.22. The number of anilines is 3. The van der Waals surface area contributed by atoms with E-state index in [1.165, 1.54) is 0 Å². The first-order valence-electron chi connectivity index (χ1n) is 7.83. The predicted molar refractivity (Wildman–Crippen MR) is 99.0 cm³/mol. The van der Waals surface area contributed by atoms with Crippen LogP contribution in [0.1, 0.15) is 12.8 Å². The minimum absolute atomic E-state index is 0. The molecule has 0 radical (unpaired) electrons. The van der Waals surface area contributed by atoms with Gasteiger partial charge in [-0.1, -0.05) is 18.2 Å². The first-order valence-corrected chi connectivity index (χ1v) is 7.83. The molecule has 1 saturated heterocycles. The van der Waals surface area contributed by atoms with Crippen LogP contribution in [0.25, 0.3) is 0 Å². The number of ether oxygens (including phenoxy) is 1. The zero-order valence-electron chi connectivity index (χ0n) is 13.3. The average Bonchev–Trinajstić information content (AvgIpc) is 3.07. The molecule has 128 valence electrons. The van der Waals surface area contributed by atoms with E-state index in [4.69, 9.17) is 10.5 Å². The Labute approximate surface area is 148 Å². The quantitative estimate of drug-likeness (QED) is 0.775. The Kier molecular flexibility index (Phi) is 6.61. The van der Waals surface area contributed by atoms with E-state index >= 15 is 0 Å². The first kappa shape index (κ1) is 18.3. The van der Waals surface area contributed by atoms with E-state index in [1.54, 1.807) is 0 Å². The second kappa shape index (κ2) is 8.68. The van der Waals surface area contributed by atoms with Crippen molar-refractivity contribution < 1.29 is 9.53 Å². The van der Waals surface area contributed by atoms with E-state index in [9.17, 15) is 4.79 Å². The molecule has 1 amide bonds. The van der Waals surface area contributed by atoms with Crippen molar-refractivity contribution in [2.75, 3.05) is 17.2 Å². The molecule has 1 aliphatic rings. The van der Waals surface area contributed by atoms with Crippen molar-refractivity contribution in [2.45, 2.75) is 25.0 Å². The summed E-state index contributed by atoms with van der Waals surface area (Å²) in [5.74, 6) is -0.107. The molecule has 1 aliphatic heterocycles. The Morgan fingerprint density at radius 3 is 2.25 bits per heavy atom. The van der Waals surface area contributed by atoms with Gasteiger partial charge in [0.05, 0.1) is 6.10 Å². The molecule has 0 bridgehead atoms. The molecule has 1 heterocycles. The second-order valence-electron chi connectivity index (χ2n) is 5.62. The highest BCUT2D eigenvalue weighted by atomic mass is 35.5. The maximum absolute atomic E-state index is 12.2. The molecule has 2 aromatic rings. The van der Waals surface area contributed by atoms with Crippen LogP contribution < -0.4 is 16.4 Å². The van der Waals surface area contributed by atoms with Crippen molar-refractivity contribution in [2.24, 2.45) is 5.73 Å². The van der Waals surface area contributed by atoms with Gasteiger partial charge in [0, 0.05) is 23.6 Å². The van der Waals surface area contributed by atoms with Crippen LogP contribution in [0.5, 0.6) is 0 Å². The number of nitrogens with one attached hydrogen (secondary N) is 2. The number of carbonyl (C=O) groups is 1. The van der Waals surface area contributed by atoms with Crippen LogP contribution in [0.2, 0.25) is 0 Å². The monoisotopic (exact) mass is 347 g/mol. The van der Waals surface area contributed by atoms with Gasteiger partial charge in [0.1, 0.15) is 6.10 Å². The van der Waals surface area contributed by atoms with Crippen molar-refractivity contribution in [3.8, 4) is 0 Å². The summed E-state index contributed by atoms with van der Waals surface area (Å²) in [6.07, 6.45) is 1.17. The van der Waals surface area contributed by atoms with E-state index in [-0.39, 0.29) is 24.4 Å². The SMILES string of the molecule is Cl.NC[C@H]1CC[C@@H](C(=O)Nc2ccc(Nc3ccccc3)cc2)O1. The zero-order chi connectivity index (χ0) is 16.1. The number of halogens is 1. The van der Waals surface area contributed by atoms with Gasteiger partial charge in [0.2, 0.25) is 0 Å². The molecule has 1 fully saturated rings. The zero-order valence-corrected chi connectivity index (χ0v) is 14.1. The molecule has 2 atom stereocenters. The Balaban J connectivity index is 0.00000208. The fourth-order valence-corrected chi connectivity index (χ4v) is 2.62. The number of nitrogens with two attached hydrogens (primary N) is 1. The third-order valence-corrected chi connectivity index (χ3v) is 3.88. The van der Waals surface area contributed by atoms with Crippen molar-refractivity contribution in [1.82, 2.24) is 0 Å². The lowest BCUT2D eigenvalue weighted by Crippen LogP contribution is -2.29. The highest BCUT2D eigenvalue weighted by molar-refractivity contribution is 5.94. The van der Waals surface area contributed by atoms with Gasteiger partial charge < -0.3 is 21.1 Å². The summed E-state index contributed by atoms with van der Waals surface area (Å²) in [6.45, 7) is 0.462. The number of amides is 1. The van der Waals surface area contributed by atoms with E-state index in [1.807, 2.05) is 54.6 Å². The summed E-state index contributed by atoms with van der Waals surface area (Å²) in [6, 6.07) is 17.5. The Bertz CT molecular complexity index is 649. The molecule has 0 spiro atoms. The van der Waals surface area contributed by atoms with Crippen LogP contribution in [0.15, 0.2) is 54.6 Å². The van der Waals surface area contributed by atoms with Gasteiger partial charge in [-0.2, -0.15) is 0 Å². The number of carbonyl (C=O) groups excluding carboxylic acids is 1. The van der Waals surface area contributed by atoms with Crippen LogP contribution in [0.4, 0.5) is 17.1 Å². The van der Waals surface area contributed by atoms with E-state index in [0.717, 1.165) is 29.9 Å². The average molecular weight is 348 g/mol. The summed E-state index contributed by atoms with van der Waals surface area (Å²) in [4.78, 5) is 12.2. The van der Waals surface area contributed by atoms with Crippen molar-refractivity contribution in [3.05, 3.63) is 54.6 Å². The number of hydrogen-bond donors (Lipinski definition) is 3. The predicted octanol–water partition coefficient (Wildman–Crippen LogP) is 3.30. The third kappa shape index (κ3) is 4.71. The van der Waals surface area contributed by atoms with Gasteiger partial charge in [-0.15, -0.1) is 12.4 Å². The Morgan fingerprint density at radius 2 is 1.62 bits per heavy atom. The van der Waals surface area contributed by atoms with E-state index in [0.29, 0.717) is 6.54 Å². The summed E-state index contributed by atoms with van der Waals surface area (Å²) in [5, 5.41) is 6.19. The van der Waals surface area contributed by atoms with Gasteiger partial charge >= 0.3 is 0 Å². The molecule has 0 aromatic heterocycles. The lowest BCUT2D eigenvalue weighted by atomic mass is 10.2. The van der Waals surface area contributed by atoms with Gasteiger partial charge in [-0.05, 0) is 49.2 Å². The van der Waals surface area contributed by atoms with Crippen LogP contribution in [0.3, 0.4) is 0 Å². The fourth-order valence-electron chi connectivity index (χ4n) is 2.62. The lowest BCUT2D eigenvalue weighted by molar-refractivity contribution is -0.126. The normalized spacial score (nSPS) is 19.4. The summed E-state index contributed by atoms with van der Waals surface area (Å²) >= 11 is 0. The number of benzene rings is 2. The highest BCUT2D eigenvalue weighted by Gasteiger charge is 2.29. The maximum atomic E-state index is 12.2. The van der Waals surface area contributed by atoms with Crippen molar-refractivity contribution in [1.29, 1.82) is 0 Å². The van der Waals surface area contributed by atoms with Crippen LogP contribution in [0, 0.1) is 0 Å². The smallest absolute Gasteiger partial charge is 0.253 e. The molecule has 6 heteroatoms. The summed E-state index contributed by atoms with van der Waals surface area (Å²) in [7, 11) is 0. The van der Waals surface area contributed by atoms with Gasteiger partial charge in [-0.3, -0.25) is 4.79 Å². The molecule has 2 aromatic carbocycles. The van der Waals surface area contributed by atoms with E-state index < -0.39 is 6.10 Å². The maximum Gasteiger partial charge on any atom is 0.253 e. The first-order chi connectivity index (χ1) is 11.2. The largest absolute Gasteiger partial charge is 0.364 e. The fraction of sp³-hybridized carbons (Fsp3) is 0.278. The van der Waals surface area contributed by atoms with E-state index in [2.05, 4.69) is 10.6 Å². The summed E-state index contributed by atoms with van der Waals surface area (Å²) in [5.41, 5.74) is 8.31. The molecule has 3 rings (SSSR count). The standard InChI is InChI=1S/C18H21N3O2.ClH/c19-12-16-10-11-17(23-16)18(22)21-15-8-6-14(7-9-15)20-13-4-2-1-3-5-13;/h1-9,16-17,20H,10-12,19H2,(H,21,22);1H/t16-,17+;/m1./s1. The van der Waals surface area contributed by atoms with Crippen LogP contribution in [-0.2, 0) is 9.53 Å². The minimum Gasteiger partial charge on any atom is -0.364 e. The van der Waals surface area contributed by atoms with Crippen molar-refractivity contribution in [3.63, 3.8) is 0 Å². The third-order valence-electron chi connectivity index (χ3n) is 3.88. The molecular weight excluding hydrogens is 326 g/mol. The Hall–Kier alpha value is -2.08. The van der Waals surface area contributed by atoms with Gasteiger partial charge in [-0.25, -0.2) is 0 Å². The minimum atomic E-state index is -0.398. The summed E-state index contributed by atoms with van der Waals surface area (Å²) < 4.78 is 5.60. The molecule has 0 saturated carbocycles. The molecule has 24 heavy (non-hydrogen) atoms. The molecule has 4 N–H and O–H groups in total. The molecule has 0 unspecified atom stereocenters. The van der Waals surface area contributed by atoms with Crippen LogP contribution >= 0.6 is 12.4 Å². The van der Waals surface area contributed by atoms with Crippen LogP contribution in [-0.4, -0.2) is 24.7 Å². The van der Waals surface area contributed by atoms with Gasteiger partial charge in [0.25, 0.3) is 5.91 Å². The Morgan fingerprint density at radius 1 is 1.00 bits per heavy atom. The van der Waals surface area contributed by atoms with Gasteiger partial charge in [0.15, 0.2) is 0 Å². The molecular formula is C18H22ClN3O2.